The third-order valence-corrected chi connectivity index (χ3v) is 4.08. The summed E-state index contributed by atoms with van der Waals surface area (Å²) in [4.78, 5) is 4.33. The Labute approximate surface area is 138 Å². The quantitative estimate of drug-likeness (QED) is 0.759. The number of halogens is 1. The molecule has 5 heteroatoms. The first-order valence-corrected chi connectivity index (χ1v) is 7.90. The summed E-state index contributed by atoms with van der Waals surface area (Å²) in [6.45, 7) is 4.84. The van der Waals surface area contributed by atoms with Crippen molar-refractivity contribution in [2.24, 2.45) is 0 Å². The van der Waals surface area contributed by atoms with Gasteiger partial charge < -0.3 is 5.32 Å². The van der Waals surface area contributed by atoms with Crippen molar-refractivity contribution in [3.8, 4) is 5.69 Å². The molecule has 2 heterocycles. The lowest BCUT2D eigenvalue weighted by Crippen LogP contribution is -2.04. The molecule has 0 aliphatic rings. The number of nitrogens with zero attached hydrogens (tertiary/aromatic N) is 3. The number of para-hydroxylation sites is 1. The van der Waals surface area contributed by atoms with Gasteiger partial charge in [0.15, 0.2) is 0 Å². The Morgan fingerprint density at radius 2 is 1.86 bits per heavy atom. The van der Waals surface area contributed by atoms with Crippen LogP contribution in [0.15, 0.2) is 53.1 Å². The van der Waals surface area contributed by atoms with E-state index in [9.17, 15) is 0 Å². The lowest BCUT2D eigenvalue weighted by atomic mass is 10.2. The molecular formula is C17H17BrN4. The second-order valence-corrected chi connectivity index (χ2v) is 6.03. The summed E-state index contributed by atoms with van der Waals surface area (Å²) >= 11 is 3.39. The number of benzene rings is 1. The number of hydrogen-bond donors (Lipinski definition) is 1. The molecule has 3 aromatic rings. The van der Waals surface area contributed by atoms with E-state index in [1.54, 1.807) is 6.20 Å². The summed E-state index contributed by atoms with van der Waals surface area (Å²) in [6, 6.07) is 14.1. The van der Waals surface area contributed by atoms with Crippen molar-refractivity contribution in [3.63, 3.8) is 0 Å². The number of anilines is 1. The Bertz CT molecular complexity index is 763. The van der Waals surface area contributed by atoms with Crippen LogP contribution >= 0.6 is 15.9 Å². The standard InChI is InChI=1S/C17H17BrN4/c1-12-16(11-20-17-9-8-14(18)10-19-17)13(2)22(21-12)15-6-4-3-5-7-15/h3-10H,11H2,1-2H3,(H,19,20). The minimum absolute atomic E-state index is 0.707. The van der Waals surface area contributed by atoms with Gasteiger partial charge in [0, 0.05) is 28.5 Å². The molecule has 3 rings (SSSR count). The molecule has 4 nitrogen and oxygen atoms in total. The molecule has 0 saturated carbocycles. The Morgan fingerprint density at radius 1 is 1.09 bits per heavy atom. The Balaban J connectivity index is 1.83. The normalized spacial score (nSPS) is 10.7. The van der Waals surface area contributed by atoms with Crippen molar-refractivity contribution in [2.75, 3.05) is 5.32 Å². The van der Waals surface area contributed by atoms with E-state index < -0.39 is 0 Å². The number of pyridine rings is 1. The van der Waals surface area contributed by atoms with Crippen LogP contribution in [-0.2, 0) is 6.54 Å². The van der Waals surface area contributed by atoms with E-state index in [-0.39, 0.29) is 0 Å². The van der Waals surface area contributed by atoms with Crippen LogP contribution in [0, 0.1) is 13.8 Å². The van der Waals surface area contributed by atoms with Crippen LogP contribution in [0.2, 0.25) is 0 Å². The van der Waals surface area contributed by atoms with E-state index in [2.05, 4.69) is 50.4 Å². The first-order chi connectivity index (χ1) is 10.6. The summed E-state index contributed by atoms with van der Waals surface area (Å²) in [5.74, 6) is 0.856. The first-order valence-electron chi connectivity index (χ1n) is 7.11. The van der Waals surface area contributed by atoms with E-state index in [4.69, 9.17) is 0 Å². The number of aromatic nitrogens is 3. The molecular weight excluding hydrogens is 340 g/mol. The summed E-state index contributed by atoms with van der Waals surface area (Å²) in [5.41, 5.74) is 4.46. The van der Waals surface area contributed by atoms with Crippen LogP contribution in [-0.4, -0.2) is 14.8 Å². The monoisotopic (exact) mass is 356 g/mol. The highest BCUT2D eigenvalue weighted by atomic mass is 79.9. The average molecular weight is 357 g/mol. The van der Waals surface area contributed by atoms with Gasteiger partial charge >= 0.3 is 0 Å². The highest BCUT2D eigenvalue weighted by Gasteiger charge is 2.12. The van der Waals surface area contributed by atoms with Gasteiger partial charge in [-0.3, -0.25) is 0 Å². The molecule has 22 heavy (non-hydrogen) atoms. The van der Waals surface area contributed by atoms with Gasteiger partial charge in [-0.15, -0.1) is 0 Å². The Morgan fingerprint density at radius 3 is 2.55 bits per heavy atom. The summed E-state index contributed by atoms with van der Waals surface area (Å²) < 4.78 is 2.96. The maximum absolute atomic E-state index is 4.66. The SMILES string of the molecule is Cc1nn(-c2ccccc2)c(C)c1CNc1ccc(Br)cn1. The first kappa shape index (κ1) is 14.8. The van der Waals surface area contributed by atoms with Gasteiger partial charge in [-0.05, 0) is 54.0 Å². The van der Waals surface area contributed by atoms with Gasteiger partial charge in [0.2, 0.25) is 0 Å². The molecule has 0 bridgehead atoms. The second kappa shape index (κ2) is 6.32. The number of nitrogens with one attached hydrogen (secondary N) is 1. The van der Waals surface area contributed by atoms with E-state index in [0.29, 0.717) is 6.54 Å². The molecule has 0 radical (unpaired) electrons. The molecule has 0 unspecified atom stereocenters. The number of aryl methyl sites for hydroxylation is 1. The fraction of sp³-hybridized carbons (Fsp3) is 0.176. The van der Waals surface area contributed by atoms with Gasteiger partial charge in [0.1, 0.15) is 5.82 Å². The van der Waals surface area contributed by atoms with Crippen LogP contribution < -0.4 is 5.32 Å². The maximum atomic E-state index is 4.66. The van der Waals surface area contributed by atoms with E-state index in [1.807, 2.05) is 41.9 Å². The lowest BCUT2D eigenvalue weighted by molar-refractivity contribution is 0.832. The predicted octanol–water partition coefficient (Wildman–Crippen LogP) is 4.26. The zero-order valence-corrected chi connectivity index (χ0v) is 14.1. The third-order valence-electron chi connectivity index (χ3n) is 3.62. The molecule has 112 valence electrons. The van der Waals surface area contributed by atoms with Gasteiger partial charge in [0.05, 0.1) is 11.4 Å². The fourth-order valence-corrected chi connectivity index (χ4v) is 2.65. The Kier molecular flexibility index (Phi) is 4.24. The van der Waals surface area contributed by atoms with Crippen molar-refractivity contribution in [1.29, 1.82) is 0 Å². The van der Waals surface area contributed by atoms with Crippen LogP contribution in [0.4, 0.5) is 5.82 Å². The van der Waals surface area contributed by atoms with Crippen molar-refractivity contribution in [3.05, 3.63) is 70.1 Å². The molecule has 0 spiro atoms. The maximum Gasteiger partial charge on any atom is 0.126 e. The van der Waals surface area contributed by atoms with Crippen molar-refractivity contribution in [2.45, 2.75) is 20.4 Å². The van der Waals surface area contributed by atoms with E-state index >= 15 is 0 Å². The zero-order chi connectivity index (χ0) is 15.5. The molecule has 0 fully saturated rings. The average Bonchev–Trinajstić information content (AvgIpc) is 2.82. The van der Waals surface area contributed by atoms with Crippen LogP contribution in [0.1, 0.15) is 17.0 Å². The molecule has 0 amide bonds. The zero-order valence-electron chi connectivity index (χ0n) is 12.5. The van der Waals surface area contributed by atoms with Crippen LogP contribution in [0.25, 0.3) is 5.69 Å². The van der Waals surface area contributed by atoms with Crippen LogP contribution in [0.5, 0.6) is 0 Å². The van der Waals surface area contributed by atoms with Crippen molar-refractivity contribution in [1.82, 2.24) is 14.8 Å². The third kappa shape index (κ3) is 3.04. The van der Waals surface area contributed by atoms with Crippen molar-refractivity contribution < 1.29 is 0 Å². The second-order valence-electron chi connectivity index (χ2n) is 5.11. The smallest absolute Gasteiger partial charge is 0.126 e. The fourth-order valence-electron chi connectivity index (χ4n) is 2.41. The molecule has 0 aliphatic carbocycles. The highest BCUT2D eigenvalue weighted by Crippen LogP contribution is 2.19. The van der Waals surface area contributed by atoms with E-state index in [1.165, 1.54) is 5.56 Å². The molecule has 0 aliphatic heterocycles. The van der Waals surface area contributed by atoms with Gasteiger partial charge in [0.25, 0.3) is 0 Å². The van der Waals surface area contributed by atoms with Gasteiger partial charge in [-0.2, -0.15) is 5.10 Å². The molecule has 1 N–H and O–H groups in total. The van der Waals surface area contributed by atoms with E-state index in [0.717, 1.165) is 27.4 Å². The topological polar surface area (TPSA) is 42.7 Å². The highest BCUT2D eigenvalue weighted by molar-refractivity contribution is 9.10. The summed E-state index contributed by atoms with van der Waals surface area (Å²) in [6.07, 6.45) is 1.79. The van der Waals surface area contributed by atoms with Crippen LogP contribution in [0.3, 0.4) is 0 Å². The summed E-state index contributed by atoms with van der Waals surface area (Å²) in [7, 11) is 0. The lowest BCUT2D eigenvalue weighted by Gasteiger charge is -2.07. The molecule has 2 aromatic heterocycles. The largest absolute Gasteiger partial charge is 0.366 e. The Hall–Kier alpha value is -2.14. The molecule has 0 atom stereocenters. The summed E-state index contributed by atoms with van der Waals surface area (Å²) in [5, 5.41) is 8.00. The number of rotatable bonds is 4. The van der Waals surface area contributed by atoms with Crippen molar-refractivity contribution >= 4 is 21.7 Å². The van der Waals surface area contributed by atoms with Gasteiger partial charge in [-0.1, -0.05) is 18.2 Å². The van der Waals surface area contributed by atoms with Gasteiger partial charge in [-0.25, -0.2) is 9.67 Å². The minimum Gasteiger partial charge on any atom is -0.366 e. The number of hydrogen-bond acceptors (Lipinski definition) is 3. The molecule has 0 saturated heterocycles. The molecule has 1 aromatic carbocycles. The minimum atomic E-state index is 0.707. The predicted molar refractivity (Wildman–Crippen MR) is 92.3 cm³/mol.